The highest BCUT2D eigenvalue weighted by Crippen LogP contribution is 2.12. The molecule has 0 saturated carbocycles. The molecule has 436 valence electrons. The van der Waals surface area contributed by atoms with Crippen molar-refractivity contribution in [1.29, 1.82) is 0 Å². The lowest BCUT2D eigenvalue weighted by atomic mass is 10.1. The predicted octanol–water partition coefficient (Wildman–Crippen LogP) is 21.2. The summed E-state index contributed by atoms with van der Waals surface area (Å²) in [5.74, 6) is -1.17. The van der Waals surface area contributed by atoms with Gasteiger partial charge in [0.15, 0.2) is 6.10 Å². The lowest BCUT2D eigenvalue weighted by Gasteiger charge is -2.18. The fourth-order valence-corrected chi connectivity index (χ4v) is 7.35. The van der Waals surface area contributed by atoms with Crippen molar-refractivity contribution in [2.45, 2.75) is 219 Å². The molecule has 0 radical (unpaired) electrons. The first kappa shape index (κ1) is 73.0. The van der Waals surface area contributed by atoms with Crippen molar-refractivity contribution in [2.24, 2.45) is 0 Å². The van der Waals surface area contributed by atoms with Crippen LogP contribution in [0.2, 0.25) is 0 Å². The standard InChI is InChI=1S/C73H108O6/c1-4-7-10-13-16-19-22-25-28-30-31-32-33-34-35-36-37-38-39-40-41-43-45-48-51-54-57-60-63-66-72(75)78-69-70(68-77-71(74)65-62-59-56-53-50-47-44-27-24-21-18-15-12-9-6-3)79-73(76)67-64-61-58-55-52-49-46-42-29-26-23-20-17-14-11-8-5-2/h7-12,16-21,25-29,31-32,34-35,37-38,40-41,44,46,49-50,53,55,58-59,62,70H,4-6,13-15,22-24,30,33,36,39,42-43,45,47-48,51-52,54,56-57,60-61,63-69H2,1-3H3/b10-7-,11-8-,12-9-,19-16-,20-17-,21-18-,28-25-,29-26-,32-31-,35-34-,38-37-,41-40-,44-27-,49-46-,53-50-,58-55-,62-59-. The second kappa shape index (κ2) is 64.5. The average molecular weight is 1080 g/mol. The molecule has 1 atom stereocenters. The van der Waals surface area contributed by atoms with E-state index in [4.69, 9.17) is 14.2 Å². The second-order valence-corrected chi connectivity index (χ2v) is 19.1. The molecule has 0 N–H and O–H groups in total. The smallest absolute Gasteiger partial charge is 0.309 e. The van der Waals surface area contributed by atoms with Crippen molar-refractivity contribution in [3.05, 3.63) is 207 Å². The molecule has 0 amide bonds. The maximum Gasteiger partial charge on any atom is 0.309 e. The summed E-state index contributed by atoms with van der Waals surface area (Å²) in [6.07, 6.45) is 100. The van der Waals surface area contributed by atoms with Gasteiger partial charge < -0.3 is 14.2 Å². The van der Waals surface area contributed by atoms with E-state index in [-0.39, 0.29) is 32.0 Å². The van der Waals surface area contributed by atoms with Gasteiger partial charge in [0, 0.05) is 12.8 Å². The van der Waals surface area contributed by atoms with Crippen molar-refractivity contribution in [3.63, 3.8) is 0 Å². The van der Waals surface area contributed by atoms with Crippen LogP contribution in [-0.2, 0) is 28.6 Å². The van der Waals surface area contributed by atoms with Crippen LogP contribution in [0, 0.1) is 0 Å². The van der Waals surface area contributed by atoms with Gasteiger partial charge in [0.05, 0.1) is 6.42 Å². The van der Waals surface area contributed by atoms with Crippen LogP contribution in [-0.4, -0.2) is 37.2 Å². The van der Waals surface area contributed by atoms with Crippen LogP contribution in [0.5, 0.6) is 0 Å². The highest BCUT2D eigenvalue weighted by atomic mass is 16.6. The molecule has 0 saturated heterocycles. The summed E-state index contributed by atoms with van der Waals surface area (Å²) in [7, 11) is 0. The molecule has 0 heterocycles. The molecule has 0 aliphatic carbocycles. The number of carbonyl (C=O) groups is 3. The molecule has 0 rings (SSSR count). The molecule has 0 aliphatic rings. The number of carbonyl (C=O) groups excluding carboxylic acids is 3. The summed E-state index contributed by atoms with van der Waals surface area (Å²) in [6.45, 7) is 6.12. The minimum Gasteiger partial charge on any atom is -0.462 e. The number of rotatable bonds is 52. The van der Waals surface area contributed by atoms with Gasteiger partial charge in [0.25, 0.3) is 0 Å². The molecule has 1 unspecified atom stereocenters. The van der Waals surface area contributed by atoms with E-state index in [2.05, 4.69) is 215 Å². The van der Waals surface area contributed by atoms with E-state index in [0.29, 0.717) is 19.3 Å². The Morgan fingerprint density at radius 2 is 0.519 bits per heavy atom. The Hall–Kier alpha value is -6.01. The summed E-state index contributed by atoms with van der Waals surface area (Å²) >= 11 is 0. The Morgan fingerprint density at radius 1 is 0.266 bits per heavy atom. The second-order valence-electron chi connectivity index (χ2n) is 19.1. The van der Waals surface area contributed by atoms with Crippen molar-refractivity contribution in [2.75, 3.05) is 13.2 Å². The third-order valence-corrected chi connectivity index (χ3v) is 11.8. The van der Waals surface area contributed by atoms with E-state index in [1.807, 2.05) is 6.08 Å². The summed E-state index contributed by atoms with van der Waals surface area (Å²) in [5, 5.41) is 0. The molecule has 0 aromatic heterocycles. The van der Waals surface area contributed by atoms with Gasteiger partial charge in [0.1, 0.15) is 13.2 Å². The topological polar surface area (TPSA) is 78.9 Å². The largest absolute Gasteiger partial charge is 0.462 e. The van der Waals surface area contributed by atoms with E-state index in [0.717, 1.165) is 141 Å². The molecule has 0 aromatic carbocycles. The van der Waals surface area contributed by atoms with Crippen LogP contribution in [0.1, 0.15) is 213 Å². The van der Waals surface area contributed by atoms with Gasteiger partial charge in [-0.05, 0) is 141 Å². The first-order chi connectivity index (χ1) is 39.0. The first-order valence-corrected chi connectivity index (χ1v) is 30.6. The Labute approximate surface area is 483 Å². The zero-order chi connectivity index (χ0) is 57.1. The van der Waals surface area contributed by atoms with Crippen molar-refractivity contribution in [3.8, 4) is 0 Å². The van der Waals surface area contributed by atoms with Crippen LogP contribution in [0.4, 0.5) is 0 Å². The van der Waals surface area contributed by atoms with E-state index in [9.17, 15) is 14.4 Å². The molecule has 0 bridgehead atoms. The number of allylic oxidation sites excluding steroid dienone is 33. The van der Waals surface area contributed by atoms with E-state index >= 15 is 0 Å². The summed E-state index contributed by atoms with van der Waals surface area (Å²) in [6, 6.07) is 0. The maximum absolute atomic E-state index is 12.9. The minimum absolute atomic E-state index is 0.101. The number of esters is 3. The van der Waals surface area contributed by atoms with Crippen LogP contribution in [0.15, 0.2) is 207 Å². The van der Waals surface area contributed by atoms with Crippen LogP contribution in [0.3, 0.4) is 0 Å². The number of ether oxygens (including phenoxy) is 3. The zero-order valence-electron chi connectivity index (χ0n) is 49.8. The Kier molecular flexibility index (Phi) is 59.6. The molecule has 0 aromatic rings. The summed E-state index contributed by atoms with van der Waals surface area (Å²) in [4.78, 5) is 38.2. The van der Waals surface area contributed by atoms with Gasteiger partial charge in [-0.1, -0.05) is 259 Å². The average Bonchev–Trinajstić information content (AvgIpc) is 3.45. The van der Waals surface area contributed by atoms with Gasteiger partial charge in [-0.2, -0.15) is 0 Å². The quantitative estimate of drug-likeness (QED) is 0.0261. The van der Waals surface area contributed by atoms with Gasteiger partial charge in [0.2, 0.25) is 0 Å². The summed E-state index contributed by atoms with van der Waals surface area (Å²) in [5.41, 5.74) is 0. The van der Waals surface area contributed by atoms with Crippen molar-refractivity contribution >= 4 is 17.9 Å². The molecule has 0 aliphatic heterocycles. The minimum atomic E-state index is -0.867. The van der Waals surface area contributed by atoms with E-state index < -0.39 is 18.0 Å². The number of hydrogen-bond acceptors (Lipinski definition) is 6. The number of unbranched alkanes of at least 4 members (excludes halogenated alkanes) is 8. The van der Waals surface area contributed by atoms with Gasteiger partial charge in [-0.3, -0.25) is 14.4 Å². The lowest BCUT2D eigenvalue weighted by Crippen LogP contribution is -2.30. The Bertz CT molecular complexity index is 1960. The predicted molar refractivity (Wildman–Crippen MR) is 343 cm³/mol. The number of hydrogen-bond donors (Lipinski definition) is 0. The molecule has 0 fully saturated rings. The van der Waals surface area contributed by atoms with E-state index in [1.165, 1.54) is 19.3 Å². The zero-order valence-corrected chi connectivity index (χ0v) is 49.8. The molecule has 79 heavy (non-hydrogen) atoms. The third kappa shape index (κ3) is 62.7. The lowest BCUT2D eigenvalue weighted by molar-refractivity contribution is -0.166. The van der Waals surface area contributed by atoms with Gasteiger partial charge in [-0.15, -0.1) is 0 Å². The van der Waals surface area contributed by atoms with E-state index in [1.54, 1.807) is 6.08 Å². The maximum atomic E-state index is 12.9. The van der Waals surface area contributed by atoms with Crippen LogP contribution < -0.4 is 0 Å². The normalized spacial score (nSPS) is 13.6. The first-order valence-electron chi connectivity index (χ1n) is 30.6. The molecule has 6 nitrogen and oxygen atoms in total. The Balaban J connectivity index is 4.53. The van der Waals surface area contributed by atoms with Crippen molar-refractivity contribution < 1.29 is 28.6 Å². The fourth-order valence-electron chi connectivity index (χ4n) is 7.35. The molecule has 6 heteroatoms. The molecular formula is C73H108O6. The van der Waals surface area contributed by atoms with Gasteiger partial charge >= 0.3 is 17.9 Å². The molecule has 0 spiro atoms. The Morgan fingerprint density at radius 3 is 0.861 bits per heavy atom. The van der Waals surface area contributed by atoms with Crippen molar-refractivity contribution in [1.82, 2.24) is 0 Å². The monoisotopic (exact) mass is 1080 g/mol. The SMILES string of the molecule is CC/C=C\C/C=C\C/C=C\C/C=C\C/C=C\C/C=C\C/C=C\CCCCCCCCCC(=O)OCC(COC(=O)C/C=C\C/C=C\C/C=C\C/C=C\C/C=C\CC)OC(=O)CCC/C=C\C/C=C\C/C=C\C/C=C\C/C=C\CC. The van der Waals surface area contributed by atoms with Crippen LogP contribution in [0.25, 0.3) is 0 Å². The summed E-state index contributed by atoms with van der Waals surface area (Å²) < 4.78 is 16.7. The van der Waals surface area contributed by atoms with Crippen LogP contribution >= 0.6 is 0 Å². The highest BCUT2D eigenvalue weighted by Gasteiger charge is 2.19. The fraction of sp³-hybridized carbons (Fsp3) is 0.493. The highest BCUT2D eigenvalue weighted by molar-refractivity contribution is 5.72. The molecular weight excluding hydrogens is 973 g/mol. The van der Waals surface area contributed by atoms with Gasteiger partial charge in [-0.25, -0.2) is 0 Å². The third-order valence-electron chi connectivity index (χ3n) is 11.8.